The van der Waals surface area contributed by atoms with Crippen LogP contribution in [-0.4, -0.2) is 41.1 Å². The summed E-state index contributed by atoms with van der Waals surface area (Å²) in [6, 6.07) is 12.4. The SMILES string of the molecule is CCOc1ccccc1OCCCC(=O)N1CCc2cc(S(=O)(=O)NC)ccc21. The average Bonchev–Trinajstić information content (AvgIpc) is 3.16. The van der Waals surface area contributed by atoms with Crippen molar-refractivity contribution in [3.8, 4) is 11.5 Å². The van der Waals surface area contributed by atoms with Gasteiger partial charge in [0, 0.05) is 18.7 Å². The summed E-state index contributed by atoms with van der Waals surface area (Å²) in [5.74, 6) is 1.38. The Balaban J connectivity index is 1.56. The molecule has 0 saturated carbocycles. The number of sulfonamides is 1. The number of para-hydroxylation sites is 2. The standard InChI is InChI=1S/C21H26N2O5S/c1-3-27-19-7-4-5-8-20(19)28-14-6-9-21(24)23-13-12-16-15-17(10-11-18(16)23)29(25,26)22-2/h4-5,7-8,10-11,15,22H,3,6,9,12-14H2,1-2H3. The highest BCUT2D eigenvalue weighted by Gasteiger charge is 2.26. The van der Waals surface area contributed by atoms with Crippen molar-refractivity contribution in [3.05, 3.63) is 48.0 Å². The van der Waals surface area contributed by atoms with Crippen LogP contribution in [0.2, 0.25) is 0 Å². The molecular formula is C21H26N2O5S. The number of rotatable bonds is 9. The van der Waals surface area contributed by atoms with Crippen molar-refractivity contribution in [2.24, 2.45) is 0 Å². The lowest BCUT2D eigenvalue weighted by Crippen LogP contribution is -2.29. The number of benzene rings is 2. The Bertz CT molecular complexity index is 975. The number of amides is 1. The van der Waals surface area contributed by atoms with Gasteiger partial charge in [0.2, 0.25) is 15.9 Å². The van der Waals surface area contributed by atoms with Gasteiger partial charge >= 0.3 is 0 Å². The molecule has 1 N–H and O–H groups in total. The van der Waals surface area contributed by atoms with Crippen LogP contribution in [0.4, 0.5) is 5.69 Å². The lowest BCUT2D eigenvalue weighted by Gasteiger charge is -2.18. The van der Waals surface area contributed by atoms with Gasteiger partial charge in [0.15, 0.2) is 11.5 Å². The van der Waals surface area contributed by atoms with Crippen LogP contribution in [0, 0.1) is 0 Å². The molecule has 0 spiro atoms. The zero-order chi connectivity index (χ0) is 20.9. The molecule has 0 fully saturated rings. The molecule has 1 amide bonds. The highest BCUT2D eigenvalue weighted by Crippen LogP contribution is 2.31. The van der Waals surface area contributed by atoms with Gasteiger partial charge in [-0.05, 0) is 62.7 Å². The van der Waals surface area contributed by atoms with E-state index < -0.39 is 10.0 Å². The monoisotopic (exact) mass is 418 g/mol. The van der Waals surface area contributed by atoms with Gasteiger partial charge < -0.3 is 14.4 Å². The zero-order valence-corrected chi connectivity index (χ0v) is 17.5. The number of nitrogens with one attached hydrogen (secondary N) is 1. The van der Waals surface area contributed by atoms with Crippen molar-refractivity contribution in [1.29, 1.82) is 0 Å². The van der Waals surface area contributed by atoms with E-state index in [0.717, 1.165) is 11.3 Å². The predicted molar refractivity (Wildman–Crippen MR) is 111 cm³/mol. The molecule has 0 unspecified atom stereocenters. The summed E-state index contributed by atoms with van der Waals surface area (Å²) in [6.07, 6.45) is 1.58. The molecule has 0 radical (unpaired) electrons. The van der Waals surface area contributed by atoms with Crippen LogP contribution in [0.3, 0.4) is 0 Å². The molecule has 1 aliphatic rings. The number of anilines is 1. The van der Waals surface area contributed by atoms with Crippen molar-refractivity contribution < 1.29 is 22.7 Å². The number of fused-ring (bicyclic) bond motifs is 1. The molecule has 0 aromatic heterocycles. The van der Waals surface area contributed by atoms with E-state index in [9.17, 15) is 13.2 Å². The van der Waals surface area contributed by atoms with Gasteiger partial charge in [0.05, 0.1) is 18.1 Å². The van der Waals surface area contributed by atoms with E-state index in [1.54, 1.807) is 17.0 Å². The van der Waals surface area contributed by atoms with Crippen LogP contribution in [-0.2, 0) is 21.2 Å². The summed E-state index contributed by atoms with van der Waals surface area (Å²) in [4.78, 5) is 14.6. The molecule has 0 atom stereocenters. The molecular weight excluding hydrogens is 392 g/mol. The summed E-state index contributed by atoms with van der Waals surface area (Å²) in [5.41, 5.74) is 1.66. The lowest BCUT2D eigenvalue weighted by molar-refractivity contribution is -0.118. The second-order valence-electron chi connectivity index (χ2n) is 6.63. The first-order chi connectivity index (χ1) is 14.0. The van der Waals surface area contributed by atoms with Crippen LogP contribution < -0.4 is 19.1 Å². The van der Waals surface area contributed by atoms with Gasteiger partial charge in [-0.2, -0.15) is 0 Å². The molecule has 8 heteroatoms. The van der Waals surface area contributed by atoms with E-state index in [1.165, 1.54) is 13.1 Å². The highest BCUT2D eigenvalue weighted by molar-refractivity contribution is 7.89. The van der Waals surface area contributed by atoms with E-state index >= 15 is 0 Å². The molecule has 0 saturated heterocycles. The summed E-state index contributed by atoms with van der Waals surface area (Å²) in [6.45, 7) is 3.45. The maximum atomic E-state index is 12.6. The van der Waals surface area contributed by atoms with Crippen molar-refractivity contribution in [2.75, 3.05) is 31.7 Å². The predicted octanol–water partition coefficient (Wildman–Crippen LogP) is 2.74. The van der Waals surface area contributed by atoms with Crippen LogP contribution in [0.5, 0.6) is 11.5 Å². The Morgan fingerprint density at radius 3 is 2.55 bits per heavy atom. The Morgan fingerprint density at radius 1 is 1.14 bits per heavy atom. The third-order valence-corrected chi connectivity index (χ3v) is 6.18. The third-order valence-electron chi connectivity index (χ3n) is 4.77. The second-order valence-corrected chi connectivity index (χ2v) is 8.51. The third kappa shape index (κ3) is 4.89. The van der Waals surface area contributed by atoms with Crippen LogP contribution in [0.15, 0.2) is 47.4 Å². The Labute approximate surface area is 171 Å². The van der Waals surface area contributed by atoms with E-state index in [-0.39, 0.29) is 10.8 Å². The number of nitrogens with zero attached hydrogens (tertiary/aromatic N) is 1. The minimum Gasteiger partial charge on any atom is -0.490 e. The Kier molecular flexibility index (Phi) is 6.76. The maximum Gasteiger partial charge on any atom is 0.240 e. The Morgan fingerprint density at radius 2 is 1.86 bits per heavy atom. The summed E-state index contributed by atoms with van der Waals surface area (Å²) >= 11 is 0. The van der Waals surface area contributed by atoms with Crippen molar-refractivity contribution in [3.63, 3.8) is 0 Å². The molecule has 29 heavy (non-hydrogen) atoms. The van der Waals surface area contributed by atoms with E-state index in [0.29, 0.717) is 50.5 Å². The molecule has 1 aliphatic heterocycles. The minimum atomic E-state index is -3.49. The number of hydrogen-bond donors (Lipinski definition) is 1. The lowest BCUT2D eigenvalue weighted by atomic mass is 10.2. The second kappa shape index (κ2) is 9.28. The fourth-order valence-electron chi connectivity index (χ4n) is 3.31. The fourth-order valence-corrected chi connectivity index (χ4v) is 4.09. The number of ether oxygens (including phenoxy) is 2. The van der Waals surface area contributed by atoms with Gasteiger partial charge in [0.1, 0.15) is 0 Å². The minimum absolute atomic E-state index is 0.00895. The largest absolute Gasteiger partial charge is 0.490 e. The van der Waals surface area contributed by atoms with Gasteiger partial charge in [-0.1, -0.05) is 12.1 Å². The number of carbonyl (C=O) groups excluding carboxylic acids is 1. The maximum absolute atomic E-state index is 12.6. The summed E-state index contributed by atoms with van der Waals surface area (Å²) < 4.78 is 37.5. The molecule has 156 valence electrons. The van der Waals surface area contributed by atoms with Gasteiger partial charge in [0.25, 0.3) is 0 Å². The van der Waals surface area contributed by atoms with Crippen LogP contribution in [0.1, 0.15) is 25.3 Å². The molecule has 2 aromatic rings. The molecule has 2 aromatic carbocycles. The quantitative estimate of drug-likeness (QED) is 0.633. The van der Waals surface area contributed by atoms with E-state index in [1.807, 2.05) is 31.2 Å². The smallest absolute Gasteiger partial charge is 0.240 e. The van der Waals surface area contributed by atoms with Gasteiger partial charge in [-0.3, -0.25) is 4.79 Å². The normalized spacial score (nSPS) is 13.2. The van der Waals surface area contributed by atoms with Crippen molar-refractivity contribution in [2.45, 2.75) is 31.1 Å². The first kappa shape index (κ1) is 21.1. The molecule has 7 nitrogen and oxygen atoms in total. The van der Waals surface area contributed by atoms with Crippen LogP contribution in [0.25, 0.3) is 0 Å². The first-order valence-electron chi connectivity index (χ1n) is 9.67. The fraction of sp³-hybridized carbons (Fsp3) is 0.381. The molecule has 3 rings (SSSR count). The summed E-state index contributed by atoms with van der Waals surface area (Å²) in [7, 11) is -2.11. The van der Waals surface area contributed by atoms with E-state index in [4.69, 9.17) is 9.47 Å². The topological polar surface area (TPSA) is 84.9 Å². The van der Waals surface area contributed by atoms with Gasteiger partial charge in [-0.25, -0.2) is 13.1 Å². The summed E-state index contributed by atoms with van der Waals surface area (Å²) in [5, 5.41) is 0. The van der Waals surface area contributed by atoms with Gasteiger partial charge in [-0.15, -0.1) is 0 Å². The zero-order valence-electron chi connectivity index (χ0n) is 16.7. The highest BCUT2D eigenvalue weighted by atomic mass is 32.2. The average molecular weight is 419 g/mol. The molecule has 1 heterocycles. The van der Waals surface area contributed by atoms with Crippen molar-refractivity contribution in [1.82, 2.24) is 4.72 Å². The van der Waals surface area contributed by atoms with E-state index in [2.05, 4.69) is 4.72 Å². The Hall–Kier alpha value is -2.58. The van der Waals surface area contributed by atoms with Crippen molar-refractivity contribution >= 4 is 21.6 Å². The molecule has 0 aliphatic carbocycles. The first-order valence-corrected chi connectivity index (χ1v) is 11.2. The van der Waals surface area contributed by atoms with Crippen LogP contribution >= 0.6 is 0 Å². The number of carbonyl (C=O) groups is 1. The molecule has 0 bridgehead atoms. The number of hydrogen-bond acceptors (Lipinski definition) is 5.